The van der Waals surface area contributed by atoms with Gasteiger partial charge in [0.1, 0.15) is 27.7 Å². The number of hydrogen-bond donors (Lipinski definition) is 1. The van der Waals surface area contributed by atoms with Crippen molar-refractivity contribution in [2.45, 2.75) is 30.2 Å². The number of nitrogens with zero attached hydrogens (tertiary/aromatic N) is 4. The Kier molecular flexibility index (Phi) is 7.65. The van der Waals surface area contributed by atoms with Crippen LogP contribution in [0, 0.1) is 0 Å². The average molecular weight is 574 g/mol. The van der Waals surface area contributed by atoms with E-state index >= 15 is 0 Å². The van der Waals surface area contributed by atoms with Crippen molar-refractivity contribution >= 4 is 61.1 Å². The van der Waals surface area contributed by atoms with E-state index in [1.54, 1.807) is 24.6 Å². The highest BCUT2D eigenvalue weighted by molar-refractivity contribution is 7.89. The lowest BCUT2D eigenvalue weighted by Gasteiger charge is -2.32. The Hall–Kier alpha value is -3.46. The second kappa shape index (κ2) is 11.1. The second-order valence-electron chi connectivity index (χ2n) is 8.44. The highest BCUT2D eigenvalue weighted by atomic mass is 32.2. The molecular weight excluding hydrogens is 550 g/mol. The van der Waals surface area contributed by atoms with E-state index in [2.05, 4.69) is 19.0 Å². The van der Waals surface area contributed by atoms with Gasteiger partial charge >= 0.3 is 5.97 Å². The molecule has 2 aromatic heterocycles. The summed E-state index contributed by atoms with van der Waals surface area (Å²) < 4.78 is 46.8. The number of esters is 1. The SMILES string of the molecule is COc1ccc(-c2csc(NC(=O)COC(=O)C3CCCCN3S(=O)(=O)c3cccc4nsnc34)n2)cc1. The molecule has 5 rings (SSSR count). The molecule has 3 heterocycles. The fourth-order valence-electron chi connectivity index (χ4n) is 4.16. The van der Waals surface area contributed by atoms with Crippen LogP contribution in [0.5, 0.6) is 5.75 Å². The molecule has 2 aromatic carbocycles. The number of piperidine rings is 1. The van der Waals surface area contributed by atoms with Gasteiger partial charge in [-0.25, -0.2) is 13.4 Å². The summed E-state index contributed by atoms with van der Waals surface area (Å²) in [5, 5.41) is 4.77. The van der Waals surface area contributed by atoms with Crippen molar-refractivity contribution in [3.8, 4) is 17.0 Å². The number of fused-ring (bicyclic) bond motifs is 1. The molecule has 1 fully saturated rings. The van der Waals surface area contributed by atoms with Gasteiger partial charge in [-0.15, -0.1) is 11.3 Å². The van der Waals surface area contributed by atoms with E-state index in [4.69, 9.17) is 9.47 Å². The van der Waals surface area contributed by atoms with Crippen molar-refractivity contribution in [1.82, 2.24) is 18.0 Å². The fraction of sp³-hybridized carbons (Fsp3) is 0.292. The third kappa shape index (κ3) is 5.38. The summed E-state index contributed by atoms with van der Waals surface area (Å²) in [6.07, 6.45) is 1.56. The summed E-state index contributed by atoms with van der Waals surface area (Å²) in [6.45, 7) is -0.401. The first-order valence-corrected chi connectivity index (χ1v) is 14.7. The van der Waals surface area contributed by atoms with Gasteiger partial charge in [0.05, 0.1) is 24.5 Å². The maximum atomic E-state index is 13.5. The van der Waals surface area contributed by atoms with Gasteiger partial charge in [-0.1, -0.05) is 6.07 Å². The number of amides is 1. The summed E-state index contributed by atoms with van der Waals surface area (Å²) in [5.41, 5.74) is 2.28. The average Bonchev–Trinajstić information content (AvgIpc) is 3.61. The number of hydrogen-bond acceptors (Lipinski definition) is 11. The quantitative estimate of drug-likeness (QED) is 0.313. The largest absolute Gasteiger partial charge is 0.497 e. The third-order valence-corrected chi connectivity index (χ3v) is 9.28. The predicted octanol–water partition coefficient (Wildman–Crippen LogP) is 3.55. The minimum atomic E-state index is -4.05. The molecule has 1 aliphatic heterocycles. The number of thiazole rings is 1. The summed E-state index contributed by atoms with van der Waals surface area (Å²) in [4.78, 5) is 29.8. The van der Waals surface area contributed by atoms with Crippen molar-refractivity contribution in [2.24, 2.45) is 0 Å². The van der Waals surface area contributed by atoms with Crippen LogP contribution < -0.4 is 10.1 Å². The number of aromatic nitrogens is 3. The van der Waals surface area contributed by atoms with E-state index < -0.39 is 34.5 Å². The zero-order valence-corrected chi connectivity index (χ0v) is 22.6. The Morgan fingerprint density at radius 1 is 1.13 bits per heavy atom. The van der Waals surface area contributed by atoms with Gasteiger partial charge in [0, 0.05) is 17.5 Å². The molecular formula is C24H23N5O6S3. The van der Waals surface area contributed by atoms with Crippen molar-refractivity contribution in [3.63, 3.8) is 0 Å². The lowest BCUT2D eigenvalue weighted by molar-refractivity contribution is -0.152. The fourth-order valence-corrected chi connectivity index (χ4v) is 7.29. The number of nitrogens with one attached hydrogen (secondary N) is 1. The molecule has 1 unspecified atom stereocenters. The van der Waals surface area contributed by atoms with E-state index in [0.717, 1.165) is 27.3 Å². The van der Waals surface area contributed by atoms with E-state index in [-0.39, 0.29) is 17.0 Å². The van der Waals surface area contributed by atoms with Crippen LogP contribution in [0.1, 0.15) is 19.3 Å². The van der Waals surface area contributed by atoms with Gasteiger partial charge in [-0.05, 0) is 55.7 Å². The van der Waals surface area contributed by atoms with Gasteiger partial charge in [-0.2, -0.15) is 13.1 Å². The first kappa shape index (κ1) is 26.2. The van der Waals surface area contributed by atoms with Crippen LogP contribution in [0.4, 0.5) is 5.13 Å². The molecule has 0 aliphatic carbocycles. The van der Waals surface area contributed by atoms with Gasteiger partial charge in [0.15, 0.2) is 11.7 Å². The number of anilines is 1. The van der Waals surface area contributed by atoms with Crippen LogP contribution >= 0.6 is 23.1 Å². The molecule has 0 radical (unpaired) electrons. The van der Waals surface area contributed by atoms with E-state index in [9.17, 15) is 18.0 Å². The summed E-state index contributed by atoms with van der Waals surface area (Å²) >= 11 is 2.16. The molecule has 0 bridgehead atoms. The van der Waals surface area contributed by atoms with Crippen molar-refractivity contribution in [1.29, 1.82) is 0 Å². The standard InChI is InChI=1S/C24H23N5O6S3/c1-34-16-10-8-15(9-11-16)18-14-36-24(25-18)26-21(30)13-35-23(31)19-6-2-3-12-29(19)38(32,33)20-7-4-5-17-22(20)28-37-27-17/h4-5,7-11,14,19H,2-3,6,12-13H2,1H3,(H,25,26,30). The van der Waals surface area contributed by atoms with Crippen LogP contribution in [0.3, 0.4) is 0 Å². The molecule has 1 N–H and O–H groups in total. The molecule has 0 saturated carbocycles. The van der Waals surface area contributed by atoms with Crippen LogP contribution in [0.25, 0.3) is 22.3 Å². The zero-order valence-electron chi connectivity index (χ0n) is 20.2. The lowest BCUT2D eigenvalue weighted by atomic mass is 10.1. The topological polar surface area (TPSA) is 141 Å². The molecule has 1 saturated heterocycles. The van der Waals surface area contributed by atoms with Crippen molar-refractivity contribution in [3.05, 3.63) is 47.8 Å². The predicted molar refractivity (Wildman–Crippen MR) is 143 cm³/mol. The van der Waals surface area contributed by atoms with Crippen LogP contribution in [0.15, 0.2) is 52.7 Å². The van der Waals surface area contributed by atoms with E-state index in [1.807, 2.05) is 24.3 Å². The Bertz CT molecular complexity index is 1570. The first-order valence-electron chi connectivity index (χ1n) is 11.7. The summed E-state index contributed by atoms with van der Waals surface area (Å²) in [7, 11) is -2.46. The van der Waals surface area contributed by atoms with Crippen LogP contribution in [0.2, 0.25) is 0 Å². The monoisotopic (exact) mass is 573 g/mol. The van der Waals surface area contributed by atoms with E-state index in [0.29, 0.717) is 35.6 Å². The van der Waals surface area contributed by atoms with Crippen molar-refractivity contribution in [2.75, 3.05) is 25.6 Å². The van der Waals surface area contributed by atoms with Gasteiger partial charge in [-0.3, -0.25) is 14.9 Å². The molecule has 0 spiro atoms. The minimum absolute atomic E-state index is 0.00220. The van der Waals surface area contributed by atoms with Crippen LogP contribution in [-0.2, 0) is 24.3 Å². The van der Waals surface area contributed by atoms with E-state index in [1.165, 1.54) is 17.4 Å². The maximum absolute atomic E-state index is 13.5. The normalized spacial score (nSPS) is 16.3. The highest BCUT2D eigenvalue weighted by Crippen LogP contribution is 2.30. The Morgan fingerprint density at radius 3 is 2.74 bits per heavy atom. The number of benzene rings is 2. The minimum Gasteiger partial charge on any atom is -0.497 e. The Balaban J connectivity index is 1.22. The van der Waals surface area contributed by atoms with Gasteiger partial charge < -0.3 is 9.47 Å². The summed E-state index contributed by atoms with van der Waals surface area (Å²) in [5.74, 6) is -0.622. The lowest BCUT2D eigenvalue weighted by Crippen LogP contribution is -2.48. The first-order chi connectivity index (χ1) is 18.4. The number of sulfonamides is 1. The molecule has 11 nitrogen and oxygen atoms in total. The molecule has 14 heteroatoms. The number of methoxy groups -OCH3 is 1. The maximum Gasteiger partial charge on any atom is 0.324 e. The molecule has 198 valence electrons. The van der Waals surface area contributed by atoms with Gasteiger partial charge in [0.2, 0.25) is 10.0 Å². The number of carbonyl (C=O) groups excluding carboxylic acids is 2. The number of rotatable bonds is 8. The van der Waals surface area contributed by atoms with Crippen molar-refractivity contribution < 1.29 is 27.5 Å². The number of carbonyl (C=O) groups is 2. The smallest absolute Gasteiger partial charge is 0.324 e. The molecule has 1 aliphatic rings. The second-order valence-corrected chi connectivity index (χ2v) is 11.7. The highest BCUT2D eigenvalue weighted by Gasteiger charge is 2.39. The molecule has 1 atom stereocenters. The molecule has 1 amide bonds. The summed E-state index contributed by atoms with van der Waals surface area (Å²) in [6, 6.07) is 11.0. The Morgan fingerprint density at radius 2 is 1.95 bits per heavy atom. The Labute approximate surface area is 226 Å². The number of ether oxygens (including phenoxy) is 2. The molecule has 4 aromatic rings. The third-order valence-electron chi connectivity index (χ3n) is 6.04. The van der Waals surface area contributed by atoms with Crippen LogP contribution in [-0.4, -0.2) is 64.6 Å². The van der Waals surface area contributed by atoms with Gasteiger partial charge in [0.25, 0.3) is 5.91 Å². The molecule has 38 heavy (non-hydrogen) atoms. The zero-order chi connectivity index (χ0) is 26.7.